The van der Waals surface area contributed by atoms with Crippen molar-refractivity contribution in [3.63, 3.8) is 0 Å². The van der Waals surface area contributed by atoms with Crippen LogP contribution in [0.2, 0.25) is 0 Å². The minimum absolute atomic E-state index is 0.107. The van der Waals surface area contributed by atoms with Gasteiger partial charge >= 0.3 is 6.03 Å². The maximum absolute atomic E-state index is 14.2. The summed E-state index contributed by atoms with van der Waals surface area (Å²) < 4.78 is 19.6. The Morgan fingerprint density at radius 2 is 2.16 bits per heavy atom. The maximum atomic E-state index is 14.2. The monoisotopic (exact) mass is 343 g/mol. The van der Waals surface area contributed by atoms with Crippen LogP contribution in [0.3, 0.4) is 0 Å². The van der Waals surface area contributed by atoms with Crippen LogP contribution in [-0.2, 0) is 17.6 Å². The molecule has 0 unspecified atom stereocenters. The minimum atomic E-state index is -0.580. The number of carbonyl (C=O) groups is 2. The first-order chi connectivity index (χ1) is 12.1. The van der Waals surface area contributed by atoms with E-state index in [1.807, 2.05) is 6.07 Å². The third-order valence-corrected chi connectivity index (χ3v) is 4.69. The summed E-state index contributed by atoms with van der Waals surface area (Å²) in [4.78, 5) is 23.7. The van der Waals surface area contributed by atoms with Crippen molar-refractivity contribution in [1.82, 2.24) is 5.32 Å². The van der Waals surface area contributed by atoms with Gasteiger partial charge in [0, 0.05) is 24.1 Å². The maximum Gasteiger partial charge on any atom is 0.319 e. The van der Waals surface area contributed by atoms with Gasteiger partial charge in [-0.15, -0.1) is 0 Å². The molecule has 0 radical (unpaired) electrons. The number of carbonyl (C=O) groups excluding carboxylic acids is 2. The van der Waals surface area contributed by atoms with Gasteiger partial charge in [0.15, 0.2) is 0 Å². The molecule has 2 aromatic rings. The quantitative estimate of drug-likeness (QED) is 0.780. The summed E-state index contributed by atoms with van der Waals surface area (Å²) in [6, 6.07) is 4.09. The van der Waals surface area contributed by atoms with Crippen molar-refractivity contribution >= 4 is 23.3 Å². The molecule has 0 bridgehead atoms. The third-order valence-electron chi connectivity index (χ3n) is 4.69. The van der Waals surface area contributed by atoms with Gasteiger partial charge in [-0.1, -0.05) is 0 Å². The van der Waals surface area contributed by atoms with Gasteiger partial charge in [0.2, 0.25) is 5.91 Å². The molecule has 6 nitrogen and oxygen atoms in total. The zero-order chi connectivity index (χ0) is 17.4. The number of rotatable bonds is 2. The zero-order valence-electron chi connectivity index (χ0n) is 13.5. The fourth-order valence-electron chi connectivity index (χ4n) is 3.45. The van der Waals surface area contributed by atoms with Gasteiger partial charge in [-0.25, -0.2) is 9.18 Å². The molecule has 1 aliphatic heterocycles. The Bertz CT molecular complexity index is 846. The summed E-state index contributed by atoms with van der Waals surface area (Å²) in [6.45, 7) is 0. The van der Waals surface area contributed by atoms with Crippen LogP contribution in [0, 0.1) is 5.82 Å². The van der Waals surface area contributed by atoms with Crippen molar-refractivity contribution in [1.29, 1.82) is 0 Å². The van der Waals surface area contributed by atoms with E-state index in [-0.39, 0.29) is 17.6 Å². The Balaban J connectivity index is 1.48. The van der Waals surface area contributed by atoms with Crippen LogP contribution in [0.15, 0.2) is 28.9 Å². The van der Waals surface area contributed by atoms with Crippen LogP contribution < -0.4 is 16.0 Å². The predicted molar refractivity (Wildman–Crippen MR) is 89.9 cm³/mol. The van der Waals surface area contributed by atoms with Crippen LogP contribution >= 0.6 is 0 Å². The van der Waals surface area contributed by atoms with Gasteiger partial charge in [0.25, 0.3) is 0 Å². The number of fused-ring (bicyclic) bond motifs is 2. The molecule has 7 heteroatoms. The second-order valence-corrected chi connectivity index (χ2v) is 6.38. The van der Waals surface area contributed by atoms with E-state index in [0.29, 0.717) is 18.5 Å². The highest BCUT2D eigenvalue weighted by Gasteiger charge is 2.25. The normalized spacial score (nSPS) is 18.8. The molecule has 130 valence electrons. The van der Waals surface area contributed by atoms with E-state index in [1.165, 1.54) is 6.07 Å². The summed E-state index contributed by atoms with van der Waals surface area (Å²) in [7, 11) is 0. The van der Waals surface area contributed by atoms with Crippen LogP contribution in [0.5, 0.6) is 0 Å². The van der Waals surface area contributed by atoms with Crippen molar-refractivity contribution < 1.29 is 18.4 Å². The number of nitrogens with one attached hydrogen (secondary N) is 3. The molecule has 2 heterocycles. The van der Waals surface area contributed by atoms with Crippen LogP contribution in [0.1, 0.15) is 42.2 Å². The molecular weight excluding hydrogens is 325 g/mol. The SMILES string of the molecule is O=C1CCc2cc(NC(=O)N[C@@H]3CCCc4occc43)c(F)cc2N1. The van der Waals surface area contributed by atoms with Crippen molar-refractivity contribution in [3.05, 3.63) is 47.2 Å². The van der Waals surface area contributed by atoms with E-state index in [0.717, 1.165) is 36.1 Å². The van der Waals surface area contributed by atoms with Crippen molar-refractivity contribution in [3.8, 4) is 0 Å². The molecule has 3 N–H and O–H groups in total. The number of halogens is 1. The number of anilines is 2. The molecule has 3 amide bonds. The van der Waals surface area contributed by atoms with Gasteiger partial charge in [0.1, 0.15) is 11.6 Å². The van der Waals surface area contributed by atoms with E-state index in [1.54, 1.807) is 12.3 Å². The largest absolute Gasteiger partial charge is 0.469 e. The summed E-state index contributed by atoms with van der Waals surface area (Å²) >= 11 is 0. The lowest BCUT2D eigenvalue weighted by atomic mass is 9.93. The Labute approximate surface area is 143 Å². The summed E-state index contributed by atoms with van der Waals surface area (Å²) in [6.07, 6.45) is 5.12. The third kappa shape index (κ3) is 3.09. The highest BCUT2D eigenvalue weighted by Crippen LogP contribution is 2.31. The molecule has 25 heavy (non-hydrogen) atoms. The van der Waals surface area contributed by atoms with Crippen molar-refractivity contribution in [2.24, 2.45) is 0 Å². The number of benzene rings is 1. The first-order valence-corrected chi connectivity index (χ1v) is 8.36. The van der Waals surface area contributed by atoms with Crippen molar-refractivity contribution in [2.45, 2.75) is 38.1 Å². The summed E-state index contributed by atoms with van der Waals surface area (Å²) in [5.41, 5.74) is 2.37. The Morgan fingerprint density at radius 1 is 1.28 bits per heavy atom. The van der Waals surface area contributed by atoms with Crippen molar-refractivity contribution in [2.75, 3.05) is 10.6 Å². The van der Waals surface area contributed by atoms with Gasteiger partial charge in [-0.2, -0.15) is 0 Å². The van der Waals surface area contributed by atoms with E-state index in [9.17, 15) is 14.0 Å². The summed E-state index contributed by atoms with van der Waals surface area (Å²) in [5.74, 6) is 0.189. The average Bonchev–Trinajstić information content (AvgIpc) is 3.05. The molecular formula is C18H18FN3O3. The lowest BCUT2D eigenvalue weighted by molar-refractivity contribution is -0.116. The highest BCUT2D eigenvalue weighted by atomic mass is 19.1. The number of urea groups is 1. The first kappa shape index (κ1) is 15.7. The molecule has 2 aliphatic rings. The number of amides is 3. The second kappa shape index (κ2) is 6.23. The van der Waals surface area contributed by atoms with E-state index < -0.39 is 11.8 Å². The molecule has 0 saturated heterocycles. The number of hydrogen-bond acceptors (Lipinski definition) is 3. The van der Waals surface area contributed by atoms with E-state index in [2.05, 4.69) is 16.0 Å². The molecule has 1 aromatic carbocycles. The number of aryl methyl sites for hydroxylation is 2. The number of furan rings is 1. The molecule has 0 spiro atoms. The average molecular weight is 343 g/mol. The smallest absolute Gasteiger partial charge is 0.319 e. The fourth-order valence-corrected chi connectivity index (χ4v) is 3.45. The molecule has 1 atom stereocenters. The van der Waals surface area contributed by atoms with Gasteiger partial charge < -0.3 is 20.4 Å². The van der Waals surface area contributed by atoms with Crippen LogP contribution in [0.4, 0.5) is 20.6 Å². The fraction of sp³-hybridized carbons (Fsp3) is 0.333. The Morgan fingerprint density at radius 3 is 3.04 bits per heavy atom. The second-order valence-electron chi connectivity index (χ2n) is 6.38. The Kier molecular flexibility index (Phi) is 3.91. The minimum Gasteiger partial charge on any atom is -0.469 e. The molecule has 4 rings (SSSR count). The topological polar surface area (TPSA) is 83.4 Å². The molecule has 0 saturated carbocycles. The lowest BCUT2D eigenvalue weighted by Gasteiger charge is -2.23. The Hall–Kier alpha value is -2.83. The van der Waals surface area contributed by atoms with E-state index >= 15 is 0 Å². The zero-order valence-corrected chi connectivity index (χ0v) is 13.5. The van der Waals surface area contributed by atoms with Gasteiger partial charge in [-0.3, -0.25) is 4.79 Å². The standard InChI is InChI=1S/C18H18FN3O3/c19-12-9-14-10(4-5-17(23)20-14)8-15(12)22-18(24)21-13-2-1-3-16-11(13)6-7-25-16/h6-9,13H,1-5H2,(H,20,23)(H2,21,22,24)/t13-/m1/s1. The van der Waals surface area contributed by atoms with E-state index in [4.69, 9.17) is 4.42 Å². The number of hydrogen-bond donors (Lipinski definition) is 3. The molecule has 1 aliphatic carbocycles. The predicted octanol–water partition coefficient (Wildman–Crippen LogP) is 3.50. The van der Waals surface area contributed by atoms with Crippen LogP contribution in [0.25, 0.3) is 0 Å². The van der Waals surface area contributed by atoms with Gasteiger partial charge in [-0.05, 0) is 43.0 Å². The van der Waals surface area contributed by atoms with Crippen LogP contribution in [-0.4, -0.2) is 11.9 Å². The van der Waals surface area contributed by atoms with Gasteiger partial charge in [0.05, 0.1) is 18.0 Å². The highest BCUT2D eigenvalue weighted by molar-refractivity contribution is 5.95. The first-order valence-electron chi connectivity index (χ1n) is 8.36. The summed E-state index contributed by atoms with van der Waals surface area (Å²) in [5, 5.41) is 8.09. The lowest BCUT2D eigenvalue weighted by Crippen LogP contribution is -2.34. The molecule has 1 aromatic heterocycles. The molecule has 0 fully saturated rings.